The monoisotopic (exact) mass is 291 g/mol. The smallest absolute Gasteiger partial charge is 0.0819 e. The average Bonchev–Trinajstić information content (AvgIpc) is 2.76. The van der Waals surface area contributed by atoms with Gasteiger partial charge in [-0.05, 0) is 54.9 Å². The quantitative estimate of drug-likeness (QED) is 0.512. The van der Waals surface area contributed by atoms with Crippen molar-refractivity contribution in [1.29, 1.82) is 0 Å². The van der Waals surface area contributed by atoms with Crippen molar-refractivity contribution in [3.8, 4) is 0 Å². The van der Waals surface area contributed by atoms with Crippen LogP contribution in [0.5, 0.6) is 0 Å². The van der Waals surface area contributed by atoms with E-state index in [0.717, 1.165) is 0 Å². The van der Waals surface area contributed by atoms with Crippen LogP contribution < -0.4 is 0 Å². The summed E-state index contributed by atoms with van der Waals surface area (Å²) < 4.78 is 0. The molecule has 1 unspecified atom stereocenters. The van der Waals surface area contributed by atoms with E-state index < -0.39 is 0 Å². The summed E-state index contributed by atoms with van der Waals surface area (Å²) in [4.78, 5) is 4.92. The van der Waals surface area contributed by atoms with E-state index in [-0.39, 0.29) is 5.54 Å². The predicted molar refractivity (Wildman–Crippen MR) is 96.1 cm³/mol. The standard InChI is InChI=1S/C20H37N/c1-8-12-20(13-9-16-21-20)17(10-14-18(2,3)4)11-15-19(5,6)7/h9,13,16-17H,8,10-12,14-15H2,1-7H3. The van der Waals surface area contributed by atoms with Gasteiger partial charge in [-0.25, -0.2) is 0 Å². The van der Waals surface area contributed by atoms with Crippen molar-refractivity contribution in [2.75, 3.05) is 0 Å². The number of hydrogen-bond donors (Lipinski definition) is 0. The second-order valence-corrected chi connectivity index (χ2v) is 9.27. The van der Waals surface area contributed by atoms with Gasteiger partial charge in [0, 0.05) is 6.21 Å². The van der Waals surface area contributed by atoms with Gasteiger partial charge >= 0.3 is 0 Å². The first-order valence-electron chi connectivity index (χ1n) is 8.81. The fraction of sp³-hybridized carbons (Fsp3) is 0.850. The van der Waals surface area contributed by atoms with Gasteiger partial charge in [0.1, 0.15) is 0 Å². The van der Waals surface area contributed by atoms with Crippen LogP contribution in [0.3, 0.4) is 0 Å². The molecule has 122 valence electrons. The summed E-state index contributed by atoms with van der Waals surface area (Å²) in [7, 11) is 0. The van der Waals surface area contributed by atoms with Crippen molar-refractivity contribution in [2.45, 2.75) is 92.5 Å². The van der Waals surface area contributed by atoms with Crippen LogP contribution in [-0.4, -0.2) is 11.8 Å². The van der Waals surface area contributed by atoms with Gasteiger partial charge in [-0.3, -0.25) is 4.99 Å². The van der Waals surface area contributed by atoms with Crippen molar-refractivity contribution in [2.24, 2.45) is 21.7 Å². The highest BCUT2D eigenvalue weighted by Gasteiger charge is 2.37. The lowest BCUT2D eigenvalue weighted by Gasteiger charge is -2.37. The molecule has 1 nitrogen and oxygen atoms in total. The van der Waals surface area contributed by atoms with Gasteiger partial charge in [0.05, 0.1) is 5.54 Å². The van der Waals surface area contributed by atoms with E-state index in [1.54, 1.807) is 0 Å². The zero-order valence-electron chi connectivity index (χ0n) is 15.5. The van der Waals surface area contributed by atoms with Gasteiger partial charge in [-0.1, -0.05) is 61.0 Å². The zero-order chi connectivity index (χ0) is 16.1. The Morgan fingerprint density at radius 1 is 0.952 bits per heavy atom. The van der Waals surface area contributed by atoms with Gasteiger partial charge in [0.2, 0.25) is 0 Å². The third-order valence-corrected chi connectivity index (χ3v) is 4.63. The lowest BCUT2D eigenvalue weighted by Crippen LogP contribution is -2.34. The highest BCUT2D eigenvalue weighted by atomic mass is 14.9. The lowest BCUT2D eigenvalue weighted by molar-refractivity contribution is 0.211. The van der Waals surface area contributed by atoms with E-state index in [2.05, 4.69) is 60.6 Å². The molecule has 0 radical (unpaired) electrons. The minimum Gasteiger partial charge on any atom is -0.282 e. The van der Waals surface area contributed by atoms with Crippen LogP contribution in [0, 0.1) is 16.7 Å². The molecule has 0 saturated heterocycles. The van der Waals surface area contributed by atoms with Crippen LogP contribution in [0.2, 0.25) is 0 Å². The van der Waals surface area contributed by atoms with Crippen molar-refractivity contribution in [3.63, 3.8) is 0 Å². The Balaban J connectivity index is 2.83. The maximum absolute atomic E-state index is 4.92. The first kappa shape index (κ1) is 18.5. The number of aliphatic imine (C=N–C) groups is 1. The van der Waals surface area contributed by atoms with Gasteiger partial charge in [0.15, 0.2) is 0 Å². The molecule has 0 aromatic carbocycles. The molecule has 0 aromatic rings. The topological polar surface area (TPSA) is 12.4 Å². The van der Waals surface area contributed by atoms with Crippen molar-refractivity contribution < 1.29 is 0 Å². The maximum Gasteiger partial charge on any atom is 0.0819 e. The van der Waals surface area contributed by atoms with Crippen LogP contribution >= 0.6 is 0 Å². The second-order valence-electron chi connectivity index (χ2n) is 9.27. The van der Waals surface area contributed by atoms with Crippen molar-refractivity contribution >= 4 is 6.21 Å². The molecule has 0 aromatic heterocycles. The molecule has 21 heavy (non-hydrogen) atoms. The Morgan fingerprint density at radius 3 is 1.81 bits per heavy atom. The number of rotatable bonds is 7. The third kappa shape index (κ3) is 6.36. The molecule has 0 saturated carbocycles. The fourth-order valence-corrected chi connectivity index (χ4v) is 3.29. The molecule has 0 amide bonds. The molecule has 0 N–H and O–H groups in total. The SMILES string of the molecule is CCCC1(C(CCC(C)(C)C)CCC(C)(C)C)C=CC=N1. The van der Waals surface area contributed by atoms with Gasteiger partial charge < -0.3 is 0 Å². The highest BCUT2D eigenvalue weighted by molar-refractivity contribution is 5.75. The number of hydrogen-bond acceptors (Lipinski definition) is 1. The molecule has 0 spiro atoms. The molecule has 1 atom stereocenters. The van der Waals surface area contributed by atoms with Gasteiger partial charge in [-0.15, -0.1) is 0 Å². The van der Waals surface area contributed by atoms with Crippen LogP contribution in [0.1, 0.15) is 87.0 Å². The summed E-state index contributed by atoms with van der Waals surface area (Å²) in [6.45, 7) is 16.4. The molecule has 0 fully saturated rings. The van der Waals surface area contributed by atoms with Crippen molar-refractivity contribution in [3.05, 3.63) is 12.2 Å². The predicted octanol–water partition coefficient (Wildman–Crippen LogP) is 6.43. The lowest BCUT2D eigenvalue weighted by atomic mass is 9.71. The number of allylic oxidation sites excluding steroid dienone is 1. The van der Waals surface area contributed by atoms with Crippen LogP contribution in [0.4, 0.5) is 0 Å². The minimum absolute atomic E-state index is 0.0885. The van der Waals surface area contributed by atoms with E-state index in [9.17, 15) is 0 Å². The number of nitrogens with zero attached hydrogens (tertiary/aromatic N) is 1. The molecule has 0 aliphatic carbocycles. The fourth-order valence-electron chi connectivity index (χ4n) is 3.29. The third-order valence-electron chi connectivity index (χ3n) is 4.63. The Labute approximate surface area is 133 Å². The van der Waals surface area contributed by atoms with Crippen LogP contribution in [0.15, 0.2) is 17.1 Å². The molecule has 0 bridgehead atoms. The Bertz CT molecular complexity index is 332. The van der Waals surface area contributed by atoms with Gasteiger partial charge in [-0.2, -0.15) is 0 Å². The largest absolute Gasteiger partial charge is 0.282 e. The molecule has 1 aliphatic rings. The molecular weight excluding hydrogens is 254 g/mol. The summed E-state index contributed by atoms with van der Waals surface area (Å²) >= 11 is 0. The summed E-state index contributed by atoms with van der Waals surface area (Å²) in [6.07, 6.45) is 14.1. The first-order chi connectivity index (χ1) is 9.58. The van der Waals surface area contributed by atoms with E-state index in [0.29, 0.717) is 16.7 Å². The average molecular weight is 292 g/mol. The first-order valence-corrected chi connectivity index (χ1v) is 8.81. The Kier molecular flexibility index (Phi) is 6.25. The summed E-state index contributed by atoms with van der Waals surface area (Å²) in [5.74, 6) is 0.686. The van der Waals surface area contributed by atoms with E-state index in [1.807, 2.05) is 6.21 Å². The molecular formula is C20H37N. The Hall–Kier alpha value is -0.590. The normalized spacial score (nSPS) is 22.5. The molecule has 1 heterocycles. The Morgan fingerprint density at radius 2 is 1.48 bits per heavy atom. The van der Waals surface area contributed by atoms with Crippen molar-refractivity contribution in [1.82, 2.24) is 0 Å². The van der Waals surface area contributed by atoms with Crippen LogP contribution in [0.25, 0.3) is 0 Å². The van der Waals surface area contributed by atoms with E-state index >= 15 is 0 Å². The summed E-state index contributed by atoms with van der Waals surface area (Å²) in [5.41, 5.74) is 0.921. The summed E-state index contributed by atoms with van der Waals surface area (Å²) in [6, 6.07) is 0. The molecule has 1 heteroatoms. The van der Waals surface area contributed by atoms with E-state index in [4.69, 9.17) is 4.99 Å². The second kappa shape index (κ2) is 7.11. The summed E-state index contributed by atoms with van der Waals surface area (Å²) in [5, 5.41) is 0. The molecule has 1 aliphatic heterocycles. The van der Waals surface area contributed by atoms with Crippen LogP contribution in [-0.2, 0) is 0 Å². The minimum atomic E-state index is 0.0885. The highest BCUT2D eigenvalue weighted by Crippen LogP contribution is 2.41. The zero-order valence-corrected chi connectivity index (χ0v) is 15.5. The molecule has 1 rings (SSSR count). The van der Waals surface area contributed by atoms with Gasteiger partial charge in [0.25, 0.3) is 0 Å². The maximum atomic E-state index is 4.92. The van der Waals surface area contributed by atoms with E-state index in [1.165, 1.54) is 38.5 Å².